The first-order valence-electron chi connectivity index (χ1n) is 7.46. The van der Waals surface area contributed by atoms with E-state index in [0.717, 1.165) is 18.4 Å². The van der Waals surface area contributed by atoms with Crippen LogP contribution in [0.15, 0.2) is 18.3 Å². The Labute approximate surface area is 121 Å². The number of hydrogen-bond acceptors (Lipinski definition) is 5. The van der Waals surface area contributed by atoms with Crippen molar-refractivity contribution in [3.63, 3.8) is 0 Å². The number of nitrogens with one attached hydrogen (secondary N) is 1. The Balaban J connectivity index is 2.42. The first-order valence-corrected chi connectivity index (χ1v) is 7.46. The predicted octanol–water partition coefficient (Wildman–Crippen LogP) is 1.82. The lowest BCUT2D eigenvalue weighted by Crippen LogP contribution is -2.55. The summed E-state index contributed by atoms with van der Waals surface area (Å²) in [5, 5.41) is 0. The number of anilines is 1. The fourth-order valence-electron chi connectivity index (χ4n) is 3.54. The molecule has 5 nitrogen and oxygen atoms in total. The average molecular weight is 277 g/mol. The Morgan fingerprint density at radius 1 is 1.25 bits per heavy atom. The van der Waals surface area contributed by atoms with Crippen LogP contribution in [0.2, 0.25) is 0 Å². The monoisotopic (exact) mass is 277 g/mol. The predicted molar refractivity (Wildman–Crippen MR) is 82.8 cm³/mol. The summed E-state index contributed by atoms with van der Waals surface area (Å²) in [4.78, 5) is 6.54. The van der Waals surface area contributed by atoms with E-state index in [-0.39, 0.29) is 11.6 Å². The van der Waals surface area contributed by atoms with Gasteiger partial charge in [-0.25, -0.2) is 4.98 Å². The highest BCUT2D eigenvalue weighted by atomic mass is 15.3. The van der Waals surface area contributed by atoms with Gasteiger partial charge in [0.2, 0.25) is 0 Å². The smallest absolute Gasteiger partial charge is 0.128 e. The molecule has 1 fully saturated rings. The van der Waals surface area contributed by atoms with Crippen molar-refractivity contribution < 1.29 is 0 Å². The minimum absolute atomic E-state index is 0.00238. The van der Waals surface area contributed by atoms with E-state index >= 15 is 0 Å². The highest BCUT2D eigenvalue weighted by Crippen LogP contribution is 2.41. The molecule has 0 radical (unpaired) electrons. The maximum atomic E-state index is 6.08. The van der Waals surface area contributed by atoms with Gasteiger partial charge in [0, 0.05) is 17.3 Å². The molecule has 20 heavy (non-hydrogen) atoms. The summed E-state index contributed by atoms with van der Waals surface area (Å²) in [6, 6.07) is 3.96. The minimum Gasteiger partial charge on any atom is -0.383 e. The Hall–Kier alpha value is -1.17. The number of likely N-dealkylation sites (N-methyl/N-ethyl adjacent to an activating group) is 1. The summed E-state index contributed by atoms with van der Waals surface area (Å²) >= 11 is 0. The van der Waals surface area contributed by atoms with Gasteiger partial charge >= 0.3 is 0 Å². The second kappa shape index (κ2) is 6.52. The highest BCUT2D eigenvalue weighted by Gasteiger charge is 2.42. The Kier molecular flexibility index (Phi) is 4.96. The third-order valence-electron chi connectivity index (χ3n) is 4.75. The van der Waals surface area contributed by atoms with Gasteiger partial charge in [0.25, 0.3) is 0 Å². The van der Waals surface area contributed by atoms with E-state index in [1.807, 2.05) is 12.1 Å². The van der Waals surface area contributed by atoms with Gasteiger partial charge in [-0.05, 0) is 33.0 Å². The van der Waals surface area contributed by atoms with Crippen molar-refractivity contribution in [3.05, 3.63) is 23.9 Å². The van der Waals surface area contributed by atoms with Gasteiger partial charge in [-0.3, -0.25) is 11.3 Å². The Bertz CT molecular complexity index is 424. The minimum atomic E-state index is 0.00238. The largest absolute Gasteiger partial charge is 0.383 e. The topological polar surface area (TPSA) is 80.2 Å². The number of rotatable bonds is 4. The molecule has 0 bridgehead atoms. The molecule has 0 aliphatic heterocycles. The summed E-state index contributed by atoms with van der Waals surface area (Å²) in [6.07, 6.45) is 9.05. The van der Waals surface area contributed by atoms with E-state index in [2.05, 4.69) is 29.4 Å². The quantitative estimate of drug-likeness (QED) is 0.444. The third-order valence-corrected chi connectivity index (χ3v) is 4.75. The molecule has 1 atom stereocenters. The van der Waals surface area contributed by atoms with E-state index in [4.69, 9.17) is 11.6 Å². The summed E-state index contributed by atoms with van der Waals surface area (Å²) in [6.45, 7) is 0. The van der Waals surface area contributed by atoms with Gasteiger partial charge in [-0.1, -0.05) is 31.7 Å². The van der Waals surface area contributed by atoms with Crippen LogP contribution in [0, 0.1) is 0 Å². The van der Waals surface area contributed by atoms with Crippen LogP contribution in [-0.2, 0) is 0 Å². The van der Waals surface area contributed by atoms with Crippen molar-refractivity contribution in [2.24, 2.45) is 5.84 Å². The van der Waals surface area contributed by atoms with Crippen molar-refractivity contribution >= 4 is 5.82 Å². The van der Waals surface area contributed by atoms with E-state index in [0.29, 0.717) is 5.82 Å². The molecule has 1 heterocycles. The highest BCUT2D eigenvalue weighted by molar-refractivity contribution is 5.42. The zero-order valence-electron chi connectivity index (χ0n) is 12.6. The van der Waals surface area contributed by atoms with Crippen LogP contribution in [-0.4, -0.2) is 29.5 Å². The molecular formula is C15H27N5. The summed E-state index contributed by atoms with van der Waals surface area (Å²) in [7, 11) is 4.28. The van der Waals surface area contributed by atoms with E-state index in [1.165, 1.54) is 25.7 Å². The molecule has 112 valence electrons. The maximum absolute atomic E-state index is 6.08. The van der Waals surface area contributed by atoms with E-state index in [9.17, 15) is 0 Å². The average Bonchev–Trinajstić information content (AvgIpc) is 2.69. The molecule has 0 amide bonds. The van der Waals surface area contributed by atoms with Gasteiger partial charge < -0.3 is 10.6 Å². The van der Waals surface area contributed by atoms with Crippen LogP contribution in [0.25, 0.3) is 0 Å². The number of hydrazine groups is 1. The van der Waals surface area contributed by atoms with Crippen LogP contribution in [0.5, 0.6) is 0 Å². The standard InChI is InChI=1S/C15H27N5/c1-20(2)15(9-5-3-4-6-10-15)13(19-17)12-8-7-11-18-14(12)16/h7-8,11,13,19H,3-6,9-10,17H2,1-2H3,(H2,16,18). The lowest BCUT2D eigenvalue weighted by Gasteiger charge is -2.45. The van der Waals surface area contributed by atoms with Crippen LogP contribution in [0.3, 0.4) is 0 Å². The van der Waals surface area contributed by atoms with Crippen LogP contribution < -0.4 is 17.0 Å². The van der Waals surface area contributed by atoms with E-state index in [1.54, 1.807) is 6.20 Å². The van der Waals surface area contributed by atoms with E-state index < -0.39 is 0 Å². The molecule has 0 aromatic carbocycles. The Morgan fingerprint density at radius 3 is 2.40 bits per heavy atom. The first-order chi connectivity index (χ1) is 9.62. The van der Waals surface area contributed by atoms with Crippen molar-refractivity contribution in [1.82, 2.24) is 15.3 Å². The molecule has 0 saturated heterocycles. The fraction of sp³-hybridized carbons (Fsp3) is 0.667. The summed E-state index contributed by atoms with van der Waals surface area (Å²) in [5.41, 5.74) is 10.1. The lowest BCUT2D eigenvalue weighted by molar-refractivity contribution is 0.0802. The first kappa shape index (κ1) is 15.2. The molecule has 1 aliphatic carbocycles. The van der Waals surface area contributed by atoms with Gasteiger partial charge in [0.15, 0.2) is 0 Å². The van der Waals surface area contributed by atoms with Gasteiger partial charge in [0.1, 0.15) is 5.82 Å². The fourth-order valence-corrected chi connectivity index (χ4v) is 3.54. The molecule has 1 saturated carbocycles. The van der Waals surface area contributed by atoms with Crippen molar-refractivity contribution in [3.8, 4) is 0 Å². The molecule has 1 aromatic heterocycles. The molecule has 5 heteroatoms. The van der Waals surface area contributed by atoms with Crippen LogP contribution in [0.4, 0.5) is 5.82 Å². The number of pyridine rings is 1. The molecule has 1 unspecified atom stereocenters. The third kappa shape index (κ3) is 2.80. The van der Waals surface area contributed by atoms with Gasteiger partial charge in [-0.2, -0.15) is 0 Å². The molecule has 5 N–H and O–H groups in total. The molecule has 0 spiro atoms. The molecule has 1 aromatic rings. The van der Waals surface area contributed by atoms with Crippen LogP contribution >= 0.6 is 0 Å². The number of nitrogen functional groups attached to an aromatic ring is 1. The molecule has 2 rings (SSSR count). The van der Waals surface area contributed by atoms with Crippen molar-refractivity contribution in [2.75, 3.05) is 19.8 Å². The van der Waals surface area contributed by atoms with Gasteiger partial charge in [0.05, 0.1) is 6.04 Å². The second-order valence-corrected chi connectivity index (χ2v) is 5.99. The summed E-state index contributed by atoms with van der Waals surface area (Å²) in [5.74, 6) is 6.49. The Morgan fingerprint density at radius 2 is 1.90 bits per heavy atom. The van der Waals surface area contributed by atoms with Gasteiger partial charge in [-0.15, -0.1) is 0 Å². The zero-order chi connectivity index (χ0) is 14.6. The normalized spacial score (nSPS) is 20.6. The number of hydrogen-bond donors (Lipinski definition) is 3. The lowest BCUT2D eigenvalue weighted by atomic mass is 9.78. The number of nitrogens with two attached hydrogens (primary N) is 2. The maximum Gasteiger partial charge on any atom is 0.128 e. The number of nitrogens with zero attached hydrogens (tertiary/aromatic N) is 2. The SMILES string of the molecule is CN(C)C1(C(NN)c2cccnc2N)CCCCCC1. The summed E-state index contributed by atoms with van der Waals surface area (Å²) < 4.78 is 0. The molecule has 1 aliphatic rings. The van der Waals surface area contributed by atoms with Crippen molar-refractivity contribution in [2.45, 2.75) is 50.1 Å². The zero-order valence-corrected chi connectivity index (χ0v) is 12.6. The molecular weight excluding hydrogens is 250 g/mol. The number of aromatic nitrogens is 1. The van der Waals surface area contributed by atoms with Crippen LogP contribution in [0.1, 0.15) is 50.1 Å². The second-order valence-electron chi connectivity index (χ2n) is 5.99. The van der Waals surface area contributed by atoms with Crippen molar-refractivity contribution in [1.29, 1.82) is 0 Å².